The van der Waals surface area contributed by atoms with Crippen LogP contribution in [0.15, 0.2) is 43.0 Å². The van der Waals surface area contributed by atoms with Crippen LogP contribution in [-0.2, 0) is 13.1 Å². The molecule has 0 aromatic carbocycles. The van der Waals surface area contributed by atoms with Crippen LogP contribution >= 0.6 is 0 Å². The third-order valence-electron chi connectivity index (χ3n) is 4.44. The van der Waals surface area contributed by atoms with Gasteiger partial charge >= 0.3 is 0 Å². The zero-order valence-electron chi connectivity index (χ0n) is 14.6. The van der Waals surface area contributed by atoms with Crippen LogP contribution in [0.3, 0.4) is 0 Å². The SMILES string of the molecule is CCC(Cc1ccnn1-c1ncccc1F)c1cc2nc(CF)nn2cn1. The summed E-state index contributed by atoms with van der Waals surface area (Å²) in [6, 6.07) is 6.55. The highest BCUT2D eigenvalue weighted by Gasteiger charge is 2.18. The van der Waals surface area contributed by atoms with Gasteiger partial charge in [-0.3, -0.25) is 0 Å². The highest BCUT2D eigenvalue weighted by molar-refractivity contribution is 5.39. The summed E-state index contributed by atoms with van der Waals surface area (Å²) in [5, 5.41) is 8.22. The zero-order chi connectivity index (χ0) is 18.8. The number of rotatable bonds is 6. The third kappa shape index (κ3) is 3.27. The minimum Gasteiger partial charge on any atom is -0.242 e. The maximum absolute atomic E-state index is 14.1. The van der Waals surface area contributed by atoms with E-state index >= 15 is 0 Å². The van der Waals surface area contributed by atoms with E-state index in [1.54, 1.807) is 12.3 Å². The smallest absolute Gasteiger partial charge is 0.189 e. The quantitative estimate of drug-likeness (QED) is 0.522. The van der Waals surface area contributed by atoms with E-state index in [1.165, 1.54) is 27.8 Å². The lowest BCUT2D eigenvalue weighted by atomic mass is 9.96. The fourth-order valence-corrected chi connectivity index (χ4v) is 3.06. The summed E-state index contributed by atoms with van der Waals surface area (Å²) >= 11 is 0. The summed E-state index contributed by atoms with van der Waals surface area (Å²) in [6.07, 6.45) is 6.10. The van der Waals surface area contributed by atoms with Gasteiger partial charge in [-0.25, -0.2) is 32.9 Å². The molecule has 7 nitrogen and oxygen atoms in total. The molecule has 0 spiro atoms. The Hall–Kier alpha value is -3.23. The molecular weight excluding hydrogens is 352 g/mol. The van der Waals surface area contributed by atoms with Crippen molar-refractivity contribution in [1.29, 1.82) is 0 Å². The van der Waals surface area contributed by atoms with Crippen LogP contribution < -0.4 is 0 Å². The molecule has 0 radical (unpaired) electrons. The molecular formula is C18H17F2N7. The van der Waals surface area contributed by atoms with Gasteiger partial charge in [-0.15, -0.1) is 5.10 Å². The Morgan fingerprint density at radius 3 is 2.85 bits per heavy atom. The first-order chi connectivity index (χ1) is 13.2. The van der Waals surface area contributed by atoms with Crippen molar-refractivity contribution in [2.45, 2.75) is 32.4 Å². The number of nitrogens with zero attached hydrogens (tertiary/aromatic N) is 7. The molecule has 0 aliphatic heterocycles. The number of pyridine rings is 1. The second kappa shape index (κ2) is 7.18. The molecule has 4 aromatic heterocycles. The minimum absolute atomic E-state index is 0.0581. The lowest BCUT2D eigenvalue weighted by Crippen LogP contribution is -2.11. The van der Waals surface area contributed by atoms with E-state index in [-0.39, 0.29) is 17.6 Å². The number of hydrogen-bond donors (Lipinski definition) is 0. The van der Waals surface area contributed by atoms with Crippen molar-refractivity contribution in [1.82, 2.24) is 34.3 Å². The lowest BCUT2D eigenvalue weighted by Gasteiger charge is -2.15. The average Bonchev–Trinajstić information content (AvgIpc) is 3.32. The van der Waals surface area contributed by atoms with Gasteiger partial charge in [-0.2, -0.15) is 5.10 Å². The molecule has 0 aliphatic rings. The van der Waals surface area contributed by atoms with E-state index < -0.39 is 12.5 Å². The maximum atomic E-state index is 14.1. The second-order valence-corrected chi connectivity index (χ2v) is 6.13. The molecule has 0 fully saturated rings. The van der Waals surface area contributed by atoms with Gasteiger partial charge < -0.3 is 0 Å². The maximum Gasteiger partial charge on any atom is 0.189 e. The van der Waals surface area contributed by atoms with Gasteiger partial charge in [0.15, 0.2) is 29.8 Å². The molecule has 138 valence electrons. The van der Waals surface area contributed by atoms with Crippen LogP contribution in [0.25, 0.3) is 11.5 Å². The molecule has 0 N–H and O–H groups in total. The molecule has 0 bridgehead atoms. The molecule has 0 aliphatic carbocycles. The van der Waals surface area contributed by atoms with E-state index in [4.69, 9.17) is 0 Å². The third-order valence-corrected chi connectivity index (χ3v) is 4.44. The van der Waals surface area contributed by atoms with Crippen molar-refractivity contribution in [2.75, 3.05) is 0 Å². The number of hydrogen-bond acceptors (Lipinski definition) is 5. The van der Waals surface area contributed by atoms with Crippen molar-refractivity contribution in [2.24, 2.45) is 0 Å². The van der Waals surface area contributed by atoms with Crippen molar-refractivity contribution in [3.63, 3.8) is 0 Å². The van der Waals surface area contributed by atoms with Crippen LogP contribution in [0.5, 0.6) is 0 Å². The summed E-state index contributed by atoms with van der Waals surface area (Å²) in [4.78, 5) is 12.7. The Labute approximate surface area is 153 Å². The van der Waals surface area contributed by atoms with E-state index in [0.29, 0.717) is 12.1 Å². The Kier molecular flexibility index (Phi) is 4.57. The van der Waals surface area contributed by atoms with Gasteiger partial charge in [-0.1, -0.05) is 6.92 Å². The van der Waals surface area contributed by atoms with Crippen LogP contribution in [-0.4, -0.2) is 34.3 Å². The van der Waals surface area contributed by atoms with Gasteiger partial charge in [0.2, 0.25) is 0 Å². The van der Waals surface area contributed by atoms with Gasteiger partial charge in [0.05, 0.1) is 0 Å². The van der Waals surface area contributed by atoms with Gasteiger partial charge in [0.25, 0.3) is 0 Å². The summed E-state index contributed by atoms with van der Waals surface area (Å²) < 4.78 is 29.8. The number of alkyl halides is 1. The van der Waals surface area contributed by atoms with Gasteiger partial charge in [0, 0.05) is 35.8 Å². The fraction of sp³-hybridized carbons (Fsp3) is 0.278. The van der Waals surface area contributed by atoms with E-state index in [2.05, 4.69) is 32.1 Å². The van der Waals surface area contributed by atoms with Gasteiger partial charge in [-0.05, 0) is 31.0 Å². The summed E-state index contributed by atoms with van der Waals surface area (Å²) in [7, 11) is 0. The van der Waals surface area contributed by atoms with Crippen LogP contribution in [0, 0.1) is 5.82 Å². The Balaban J connectivity index is 1.65. The predicted octanol–water partition coefficient (Wildman–Crippen LogP) is 3.05. The zero-order valence-corrected chi connectivity index (χ0v) is 14.6. The average molecular weight is 369 g/mol. The normalized spacial score (nSPS) is 12.6. The van der Waals surface area contributed by atoms with E-state index in [0.717, 1.165) is 17.8 Å². The molecule has 0 saturated heterocycles. The van der Waals surface area contributed by atoms with E-state index in [9.17, 15) is 8.78 Å². The molecule has 1 atom stereocenters. The largest absolute Gasteiger partial charge is 0.242 e. The Bertz CT molecular complexity index is 1070. The molecule has 4 aromatic rings. The summed E-state index contributed by atoms with van der Waals surface area (Å²) in [5.74, 6) is -0.0773. The van der Waals surface area contributed by atoms with Crippen LogP contribution in [0.2, 0.25) is 0 Å². The van der Waals surface area contributed by atoms with Crippen molar-refractivity contribution >= 4 is 5.65 Å². The molecule has 0 amide bonds. The number of aromatic nitrogens is 7. The Morgan fingerprint density at radius 2 is 2.07 bits per heavy atom. The highest BCUT2D eigenvalue weighted by Crippen LogP contribution is 2.24. The first kappa shape index (κ1) is 17.2. The first-order valence-corrected chi connectivity index (χ1v) is 8.60. The predicted molar refractivity (Wildman–Crippen MR) is 93.6 cm³/mol. The molecule has 4 heterocycles. The Morgan fingerprint density at radius 1 is 1.19 bits per heavy atom. The highest BCUT2D eigenvalue weighted by atomic mass is 19.1. The molecule has 1 unspecified atom stereocenters. The summed E-state index contributed by atoms with van der Waals surface area (Å²) in [6.45, 7) is 1.33. The molecule has 0 saturated carbocycles. The van der Waals surface area contributed by atoms with Crippen LogP contribution in [0.1, 0.15) is 36.5 Å². The number of halogens is 2. The minimum atomic E-state index is -0.719. The van der Waals surface area contributed by atoms with Crippen LogP contribution in [0.4, 0.5) is 8.78 Å². The summed E-state index contributed by atoms with van der Waals surface area (Å²) in [5.41, 5.74) is 2.19. The van der Waals surface area contributed by atoms with Crippen molar-refractivity contribution in [3.05, 3.63) is 66.0 Å². The van der Waals surface area contributed by atoms with Crippen molar-refractivity contribution < 1.29 is 8.78 Å². The topological polar surface area (TPSA) is 73.8 Å². The fourth-order valence-electron chi connectivity index (χ4n) is 3.06. The second-order valence-electron chi connectivity index (χ2n) is 6.13. The van der Waals surface area contributed by atoms with E-state index in [1.807, 2.05) is 12.1 Å². The van der Waals surface area contributed by atoms with Gasteiger partial charge in [0.1, 0.15) is 6.33 Å². The lowest BCUT2D eigenvalue weighted by molar-refractivity contribution is 0.465. The molecule has 9 heteroatoms. The van der Waals surface area contributed by atoms with Crippen molar-refractivity contribution in [3.8, 4) is 5.82 Å². The number of fused-ring (bicyclic) bond motifs is 1. The standard InChI is InChI=1S/C18H17F2N7/c1-2-12(15-9-17-24-16(10-19)25-26(17)11-22-15)8-13-5-7-23-27(13)18-14(20)4-3-6-21-18/h3-7,9,11-12H,2,8,10H2,1H3. The monoisotopic (exact) mass is 369 g/mol. The first-order valence-electron chi connectivity index (χ1n) is 8.60. The molecule has 27 heavy (non-hydrogen) atoms. The molecule has 4 rings (SSSR count).